The van der Waals surface area contributed by atoms with Gasteiger partial charge in [-0.3, -0.25) is 9.59 Å². The normalized spacial score (nSPS) is 11.5. The minimum absolute atomic E-state index is 0.0987. The summed E-state index contributed by atoms with van der Waals surface area (Å²) in [4.78, 5) is 29.2. The Kier molecular flexibility index (Phi) is 12.8. The fraction of sp³-hybridized carbons (Fsp3) is 0.394. The van der Waals surface area contributed by atoms with Crippen molar-refractivity contribution in [2.75, 3.05) is 19.8 Å². The number of amides is 2. The van der Waals surface area contributed by atoms with Crippen molar-refractivity contribution in [1.29, 1.82) is 0 Å². The lowest BCUT2D eigenvalue weighted by atomic mass is 10.0. The number of benzene rings is 3. The van der Waals surface area contributed by atoms with Gasteiger partial charge in [0.15, 0.2) is 11.5 Å². The summed E-state index contributed by atoms with van der Waals surface area (Å²) in [7, 11) is 0. The van der Waals surface area contributed by atoms with Gasteiger partial charge in [-0.25, -0.2) is 0 Å². The van der Waals surface area contributed by atoms with Gasteiger partial charge in [-0.05, 0) is 67.6 Å². The Morgan fingerprint density at radius 1 is 0.850 bits per heavy atom. The Balaban J connectivity index is 1.88. The molecule has 0 bridgehead atoms. The molecule has 0 spiro atoms. The molecule has 7 heteroatoms. The quantitative estimate of drug-likeness (QED) is 0.198. The SMILES string of the molecule is CCCCNC(=O)[C@H](Cc1ccccc1)N(Cc1cccc(Cl)c1)C(=O)CCc1ccc(OCC)c(OCC)c1. The summed E-state index contributed by atoms with van der Waals surface area (Å²) < 4.78 is 11.5. The molecule has 1 N–H and O–H groups in total. The molecule has 0 heterocycles. The second-order valence-electron chi connectivity index (χ2n) is 9.65. The largest absolute Gasteiger partial charge is 0.490 e. The molecule has 0 unspecified atom stereocenters. The van der Waals surface area contributed by atoms with Crippen LogP contribution < -0.4 is 14.8 Å². The average Bonchev–Trinajstić information content (AvgIpc) is 2.95. The molecule has 3 rings (SSSR count). The summed E-state index contributed by atoms with van der Waals surface area (Å²) >= 11 is 6.28. The first-order valence-electron chi connectivity index (χ1n) is 14.2. The first-order valence-corrected chi connectivity index (χ1v) is 14.6. The molecule has 0 saturated carbocycles. The molecule has 0 radical (unpaired) electrons. The molecular formula is C33H41ClN2O4. The first kappa shape index (κ1) is 31.0. The maximum atomic E-state index is 13.9. The topological polar surface area (TPSA) is 67.9 Å². The van der Waals surface area contributed by atoms with E-state index in [1.54, 1.807) is 11.0 Å². The van der Waals surface area contributed by atoms with Gasteiger partial charge >= 0.3 is 0 Å². The Labute approximate surface area is 243 Å². The van der Waals surface area contributed by atoms with Crippen molar-refractivity contribution in [1.82, 2.24) is 10.2 Å². The lowest BCUT2D eigenvalue weighted by Crippen LogP contribution is -2.50. The van der Waals surface area contributed by atoms with Crippen molar-refractivity contribution < 1.29 is 19.1 Å². The van der Waals surface area contributed by atoms with E-state index in [-0.39, 0.29) is 24.8 Å². The summed E-state index contributed by atoms with van der Waals surface area (Å²) in [5.74, 6) is 1.11. The molecular weight excluding hydrogens is 524 g/mol. The molecule has 0 saturated heterocycles. The third kappa shape index (κ3) is 9.60. The molecule has 3 aromatic rings. The lowest BCUT2D eigenvalue weighted by molar-refractivity contribution is -0.141. The first-order chi connectivity index (χ1) is 19.4. The van der Waals surface area contributed by atoms with Gasteiger partial charge in [0.1, 0.15) is 6.04 Å². The van der Waals surface area contributed by atoms with Crippen LogP contribution in [-0.2, 0) is 29.0 Å². The third-order valence-electron chi connectivity index (χ3n) is 6.58. The van der Waals surface area contributed by atoms with Crippen LogP contribution in [0.2, 0.25) is 5.02 Å². The molecule has 3 aromatic carbocycles. The third-order valence-corrected chi connectivity index (χ3v) is 6.81. The van der Waals surface area contributed by atoms with Gasteiger partial charge in [0.2, 0.25) is 11.8 Å². The fourth-order valence-corrected chi connectivity index (χ4v) is 4.75. The van der Waals surface area contributed by atoms with Gasteiger partial charge < -0.3 is 19.7 Å². The van der Waals surface area contributed by atoms with Gasteiger partial charge in [0, 0.05) is 31.0 Å². The standard InChI is InChI=1S/C33H41ClN2O4/c1-4-7-20-35-33(38)29(22-25-12-9-8-10-13-25)36(24-27-14-11-15-28(34)21-27)32(37)19-17-26-16-18-30(39-5-2)31(23-26)40-6-3/h8-16,18,21,23,29H,4-7,17,19-20,22,24H2,1-3H3,(H,35,38)/t29-/m0/s1. The molecule has 0 aliphatic heterocycles. The van der Waals surface area contributed by atoms with E-state index in [1.807, 2.05) is 80.6 Å². The van der Waals surface area contributed by atoms with Crippen LogP contribution in [0.15, 0.2) is 72.8 Å². The number of nitrogens with one attached hydrogen (secondary N) is 1. The Morgan fingerprint density at radius 2 is 1.57 bits per heavy atom. The highest BCUT2D eigenvalue weighted by Gasteiger charge is 2.30. The summed E-state index contributed by atoms with van der Waals surface area (Å²) in [5.41, 5.74) is 2.84. The van der Waals surface area contributed by atoms with E-state index < -0.39 is 6.04 Å². The monoisotopic (exact) mass is 564 g/mol. The molecule has 40 heavy (non-hydrogen) atoms. The van der Waals surface area contributed by atoms with Crippen molar-refractivity contribution in [3.05, 3.63) is 94.5 Å². The van der Waals surface area contributed by atoms with E-state index >= 15 is 0 Å². The summed E-state index contributed by atoms with van der Waals surface area (Å²) in [5, 5.41) is 3.65. The Bertz CT molecular complexity index is 1220. The number of ether oxygens (including phenoxy) is 2. The minimum atomic E-state index is -0.662. The van der Waals surface area contributed by atoms with Crippen molar-refractivity contribution in [2.45, 2.75) is 65.5 Å². The summed E-state index contributed by atoms with van der Waals surface area (Å²) in [6.45, 7) is 7.86. The highest BCUT2D eigenvalue weighted by atomic mass is 35.5. The molecule has 0 aliphatic carbocycles. The van der Waals surface area contributed by atoms with Crippen LogP contribution in [0.3, 0.4) is 0 Å². The number of hydrogen-bond acceptors (Lipinski definition) is 4. The zero-order valence-electron chi connectivity index (χ0n) is 23.8. The number of carbonyl (C=O) groups excluding carboxylic acids is 2. The molecule has 1 atom stereocenters. The molecule has 0 aromatic heterocycles. The second kappa shape index (κ2) is 16.6. The van der Waals surface area contributed by atoms with Gasteiger partial charge in [-0.15, -0.1) is 0 Å². The number of halogens is 1. The van der Waals surface area contributed by atoms with E-state index in [9.17, 15) is 9.59 Å². The summed E-state index contributed by atoms with van der Waals surface area (Å²) in [6.07, 6.45) is 3.02. The van der Waals surface area contributed by atoms with Crippen molar-refractivity contribution in [3.63, 3.8) is 0 Å². The van der Waals surface area contributed by atoms with Crippen molar-refractivity contribution >= 4 is 23.4 Å². The fourth-order valence-electron chi connectivity index (χ4n) is 4.54. The number of hydrogen-bond donors (Lipinski definition) is 1. The molecule has 2 amide bonds. The lowest BCUT2D eigenvalue weighted by Gasteiger charge is -2.32. The number of carbonyl (C=O) groups is 2. The van der Waals surface area contributed by atoms with Crippen LogP contribution in [0.5, 0.6) is 11.5 Å². The molecule has 6 nitrogen and oxygen atoms in total. The molecule has 0 aliphatic rings. The van der Waals surface area contributed by atoms with Crippen LogP contribution in [0, 0.1) is 0 Å². The van der Waals surface area contributed by atoms with Gasteiger partial charge in [0.25, 0.3) is 0 Å². The second-order valence-corrected chi connectivity index (χ2v) is 10.1. The average molecular weight is 565 g/mol. The van der Waals surface area contributed by atoms with Crippen molar-refractivity contribution in [2.24, 2.45) is 0 Å². The maximum absolute atomic E-state index is 13.9. The van der Waals surface area contributed by atoms with Gasteiger partial charge in [0.05, 0.1) is 13.2 Å². The predicted octanol–water partition coefficient (Wildman–Crippen LogP) is 6.63. The smallest absolute Gasteiger partial charge is 0.243 e. The Morgan fingerprint density at radius 3 is 2.27 bits per heavy atom. The van der Waals surface area contributed by atoms with Crippen LogP contribution in [0.4, 0.5) is 0 Å². The molecule has 0 fully saturated rings. The number of nitrogens with zero attached hydrogens (tertiary/aromatic N) is 1. The highest BCUT2D eigenvalue weighted by Crippen LogP contribution is 2.29. The highest BCUT2D eigenvalue weighted by molar-refractivity contribution is 6.30. The van der Waals surface area contributed by atoms with E-state index in [0.29, 0.717) is 49.1 Å². The van der Waals surface area contributed by atoms with Crippen LogP contribution in [0.25, 0.3) is 0 Å². The number of rotatable bonds is 16. The van der Waals surface area contributed by atoms with E-state index in [0.717, 1.165) is 29.5 Å². The maximum Gasteiger partial charge on any atom is 0.243 e. The van der Waals surface area contributed by atoms with Crippen LogP contribution in [0.1, 0.15) is 56.7 Å². The molecule has 214 valence electrons. The van der Waals surface area contributed by atoms with Gasteiger partial charge in [-0.2, -0.15) is 0 Å². The number of unbranched alkanes of at least 4 members (excludes halogenated alkanes) is 1. The van der Waals surface area contributed by atoms with Gasteiger partial charge in [-0.1, -0.05) is 73.5 Å². The van der Waals surface area contributed by atoms with E-state index in [2.05, 4.69) is 12.2 Å². The number of aryl methyl sites for hydroxylation is 1. The van der Waals surface area contributed by atoms with Crippen LogP contribution >= 0.6 is 11.6 Å². The van der Waals surface area contributed by atoms with Crippen molar-refractivity contribution in [3.8, 4) is 11.5 Å². The zero-order valence-corrected chi connectivity index (χ0v) is 24.6. The summed E-state index contributed by atoms with van der Waals surface area (Å²) in [6, 6.07) is 22.4. The van der Waals surface area contributed by atoms with E-state index in [1.165, 1.54) is 0 Å². The Hall–Kier alpha value is -3.51. The zero-order chi connectivity index (χ0) is 28.7. The minimum Gasteiger partial charge on any atom is -0.490 e. The van der Waals surface area contributed by atoms with Crippen LogP contribution in [-0.4, -0.2) is 42.5 Å². The van der Waals surface area contributed by atoms with E-state index in [4.69, 9.17) is 21.1 Å². The predicted molar refractivity (Wildman–Crippen MR) is 161 cm³/mol.